The van der Waals surface area contributed by atoms with E-state index in [2.05, 4.69) is 34.4 Å². The largest absolute Gasteiger partial charge is 0.379 e. The first-order valence-corrected chi connectivity index (χ1v) is 9.26. The lowest BCUT2D eigenvalue weighted by Crippen LogP contribution is -2.43. The van der Waals surface area contributed by atoms with Crippen molar-refractivity contribution in [3.63, 3.8) is 0 Å². The molecule has 140 valence electrons. The second-order valence-electron chi connectivity index (χ2n) is 7.13. The fraction of sp³-hybridized carbons (Fsp3) is 0.632. The van der Waals surface area contributed by atoms with Gasteiger partial charge >= 0.3 is 0 Å². The van der Waals surface area contributed by atoms with Gasteiger partial charge in [-0.15, -0.1) is 24.0 Å². The van der Waals surface area contributed by atoms with Crippen molar-refractivity contribution in [2.45, 2.75) is 31.1 Å². The number of hydrogen-bond acceptors (Lipinski definition) is 2. The standard InChI is InChI=1S/C19H28ClN3O.HI/c1-21-18(23(2)10-11-24-13-15-6-7-15)22-14-19(8-9-19)16-4-3-5-17(20)12-16;/h3-5,12,15H,6-11,13-14H2,1-2H3,(H,21,22);1H. The number of halogens is 2. The zero-order valence-corrected chi connectivity index (χ0v) is 18.2. The Morgan fingerprint density at radius 3 is 2.76 bits per heavy atom. The highest BCUT2D eigenvalue weighted by atomic mass is 127. The predicted molar refractivity (Wildman–Crippen MR) is 115 cm³/mol. The van der Waals surface area contributed by atoms with E-state index in [4.69, 9.17) is 16.3 Å². The molecule has 0 unspecified atom stereocenters. The minimum Gasteiger partial charge on any atom is -0.379 e. The van der Waals surface area contributed by atoms with Crippen LogP contribution in [0.25, 0.3) is 0 Å². The zero-order valence-electron chi connectivity index (χ0n) is 15.1. The molecule has 3 rings (SSSR count). The van der Waals surface area contributed by atoms with E-state index in [1.54, 1.807) is 0 Å². The number of aliphatic imine (C=N–C) groups is 1. The van der Waals surface area contributed by atoms with Crippen LogP contribution in [0.1, 0.15) is 31.2 Å². The molecule has 0 atom stereocenters. The molecule has 2 aliphatic rings. The molecule has 0 radical (unpaired) electrons. The normalized spacial score (nSPS) is 18.4. The molecule has 25 heavy (non-hydrogen) atoms. The SMILES string of the molecule is CN=C(NCC1(c2cccc(Cl)c2)CC1)N(C)CCOCC1CC1.I. The highest BCUT2D eigenvalue weighted by Crippen LogP contribution is 2.48. The molecule has 0 saturated heterocycles. The van der Waals surface area contributed by atoms with Gasteiger partial charge < -0.3 is 15.0 Å². The van der Waals surface area contributed by atoms with E-state index in [1.165, 1.54) is 31.2 Å². The Morgan fingerprint density at radius 2 is 2.16 bits per heavy atom. The Labute approximate surface area is 173 Å². The van der Waals surface area contributed by atoms with E-state index in [-0.39, 0.29) is 29.4 Å². The molecule has 1 aromatic rings. The van der Waals surface area contributed by atoms with Gasteiger partial charge in [-0.3, -0.25) is 4.99 Å². The van der Waals surface area contributed by atoms with Crippen LogP contribution >= 0.6 is 35.6 Å². The third-order valence-electron chi connectivity index (χ3n) is 5.07. The quantitative estimate of drug-likeness (QED) is 0.267. The number of benzene rings is 1. The van der Waals surface area contributed by atoms with Gasteiger partial charge in [-0.25, -0.2) is 0 Å². The Balaban J connectivity index is 0.00000225. The molecule has 2 aliphatic carbocycles. The molecule has 0 amide bonds. The highest BCUT2D eigenvalue weighted by Gasteiger charge is 2.44. The van der Waals surface area contributed by atoms with Crippen molar-refractivity contribution in [1.82, 2.24) is 10.2 Å². The summed E-state index contributed by atoms with van der Waals surface area (Å²) in [5, 5.41) is 4.34. The first kappa shape index (κ1) is 20.8. The summed E-state index contributed by atoms with van der Waals surface area (Å²) in [4.78, 5) is 6.55. The summed E-state index contributed by atoms with van der Waals surface area (Å²) in [7, 11) is 3.90. The van der Waals surface area contributed by atoms with E-state index in [0.29, 0.717) is 0 Å². The lowest BCUT2D eigenvalue weighted by molar-refractivity contribution is 0.115. The first-order valence-electron chi connectivity index (χ1n) is 8.88. The molecule has 1 N–H and O–H groups in total. The second-order valence-corrected chi connectivity index (χ2v) is 7.57. The molecule has 2 saturated carbocycles. The van der Waals surface area contributed by atoms with E-state index in [9.17, 15) is 0 Å². The lowest BCUT2D eigenvalue weighted by atomic mass is 9.96. The van der Waals surface area contributed by atoms with E-state index in [1.807, 2.05) is 19.2 Å². The van der Waals surface area contributed by atoms with E-state index in [0.717, 1.165) is 43.2 Å². The average Bonchev–Trinajstić information content (AvgIpc) is 3.47. The van der Waals surface area contributed by atoms with Crippen molar-refractivity contribution in [3.8, 4) is 0 Å². The minimum atomic E-state index is 0. The van der Waals surface area contributed by atoms with Crippen LogP contribution in [0.5, 0.6) is 0 Å². The summed E-state index contributed by atoms with van der Waals surface area (Å²) in [5.41, 5.74) is 1.54. The van der Waals surface area contributed by atoms with Gasteiger partial charge in [0, 0.05) is 44.2 Å². The van der Waals surface area contributed by atoms with Crippen molar-refractivity contribution in [2.24, 2.45) is 10.9 Å². The maximum absolute atomic E-state index is 6.15. The first-order chi connectivity index (χ1) is 11.6. The van der Waals surface area contributed by atoms with Gasteiger partial charge in [0.15, 0.2) is 5.96 Å². The summed E-state index contributed by atoms with van der Waals surface area (Å²) in [6, 6.07) is 8.24. The molecular formula is C19H29ClIN3O. The molecule has 0 aliphatic heterocycles. The summed E-state index contributed by atoms with van der Waals surface area (Å²) in [6.45, 7) is 3.43. The molecule has 4 nitrogen and oxygen atoms in total. The van der Waals surface area contributed by atoms with Gasteiger partial charge in [0.05, 0.1) is 6.61 Å². The van der Waals surface area contributed by atoms with Gasteiger partial charge in [-0.1, -0.05) is 23.7 Å². The van der Waals surface area contributed by atoms with Crippen LogP contribution in [-0.4, -0.2) is 51.3 Å². The van der Waals surface area contributed by atoms with Gasteiger partial charge in [0.25, 0.3) is 0 Å². The van der Waals surface area contributed by atoms with Crippen molar-refractivity contribution < 1.29 is 4.74 Å². The number of ether oxygens (including phenoxy) is 1. The Kier molecular flexibility index (Phi) is 7.83. The third-order valence-corrected chi connectivity index (χ3v) is 5.31. The van der Waals surface area contributed by atoms with Crippen LogP contribution in [0.3, 0.4) is 0 Å². The summed E-state index contributed by atoms with van der Waals surface area (Å²) >= 11 is 6.15. The molecule has 0 bridgehead atoms. The number of nitrogens with one attached hydrogen (secondary N) is 1. The average molecular weight is 478 g/mol. The van der Waals surface area contributed by atoms with Crippen LogP contribution in [0, 0.1) is 5.92 Å². The van der Waals surface area contributed by atoms with Gasteiger partial charge in [-0.2, -0.15) is 0 Å². The van der Waals surface area contributed by atoms with Crippen LogP contribution in [-0.2, 0) is 10.2 Å². The van der Waals surface area contributed by atoms with Crippen molar-refractivity contribution in [1.29, 1.82) is 0 Å². The Bertz CT molecular complexity index is 588. The number of likely N-dealkylation sites (N-methyl/N-ethyl adjacent to an activating group) is 1. The molecule has 2 fully saturated rings. The van der Waals surface area contributed by atoms with E-state index >= 15 is 0 Å². The maximum Gasteiger partial charge on any atom is 0.193 e. The number of hydrogen-bond donors (Lipinski definition) is 1. The Morgan fingerprint density at radius 1 is 1.40 bits per heavy atom. The van der Waals surface area contributed by atoms with Crippen LogP contribution in [0.2, 0.25) is 5.02 Å². The number of nitrogens with zero attached hydrogens (tertiary/aromatic N) is 2. The van der Waals surface area contributed by atoms with Gasteiger partial charge in [-0.05, 0) is 49.3 Å². The summed E-state index contributed by atoms with van der Waals surface area (Å²) < 4.78 is 5.72. The van der Waals surface area contributed by atoms with Crippen LogP contribution in [0.4, 0.5) is 0 Å². The fourth-order valence-electron chi connectivity index (χ4n) is 3.01. The third kappa shape index (κ3) is 6.00. The van der Waals surface area contributed by atoms with Crippen molar-refractivity contribution in [2.75, 3.05) is 40.4 Å². The molecule has 0 heterocycles. The monoisotopic (exact) mass is 477 g/mol. The summed E-state index contributed by atoms with van der Waals surface area (Å²) in [5.74, 6) is 1.75. The maximum atomic E-state index is 6.15. The smallest absolute Gasteiger partial charge is 0.193 e. The number of rotatable bonds is 8. The molecular weight excluding hydrogens is 449 g/mol. The topological polar surface area (TPSA) is 36.9 Å². The van der Waals surface area contributed by atoms with Crippen LogP contribution < -0.4 is 5.32 Å². The van der Waals surface area contributed by atoms with Crippen molar-refractivity contribution in [3.05, 3.63) is 34.9 Å². The number of guanidine groups is 1. The lowest BCUT2D eigenvalue weighted by Gasteiger charge is -2.25. The molecule has 1 aromatic carbocycles. The zero-order chi connectivity index (χ0) is 17.0. The molecule has 0 spiro atoms. The van der Waals surface area contributed by atoms with Crippen molar-refractivity contribution >= 4 is 41.5 Å². The minimum absolute atomic E-state index is 0. The highest BCUT2D eigenvalue weighted by molar-refractivity contribution is 14.0. The Hall–Kier alpha value is -0.530. The van der Waals surface area contributed by atoms with Crippen LogP contribution in [0.15, 0.2) is 29.3 Å². The molecule has 0 aromatic heterocycles. The molecule has 6 heteroatoms. The fourth-order valence-corrected chi connectivity index (χ4v) is 3.20. The summed E-state index contributed by atoms with van der Waals surface area (Å²) in [6.07, 6.45) is 5.08. The van der Waals surface area contributed by atoms with E-state index < -0.39 is 0 Å². The second kappa shape index (κ2) is 9.42. The van der Waals surface area contributed by atoms with Gasteiger partial charge in [0.2, 0.25) is 0 Å². The predicted octanol–water partition coefficient (Wildman–Crippen LogP) is 3.92. The van der Waals surface area contributed by atoms with Gasteiger partial charge in [0.1, 0.15) is 0 Å².